The van der Waals surface area contributed by atoms with E-state index in [0.29, 0.717) is 35.8 Å². The largest absolute Gasteiger partial charge is 0.374 e. The molecule has 1 N–H and O–H groups in total. The zero-order valence-corrected chi connectivity index (χ0v) is 19.7. The zero-order chi connectivity index (χ0) is 22.2. The molecule has 2 heterocycles. The molecule has 1 aromatic carbocycles. The number of ether oxygens (including phenoxy) is 1. The van der Waals surface area contributed by atoms with E-state index in [9.17, 15) is 4.79 Å². The molecular weight excluding hydrogens is 434 g/mol. The molecule has 168 valence electrons. The van der Waals surface area contributed by atoms with Gasteiger partial charge < -0.3 is 10.1 Å². The van der Waals surface area contributed by atoms with Gasteiger partial charge in [-0.25, -0.2) is 0 Å². The van der Waals surface area contributed by atoms with Crippen molar-refractivity contribution in [2.24, 2.45) is 5.92 Å². The Labute approximate surface area is 193 Å². The van der Waals surface area contributed by atoms with Crippen LogP contribution in [0.1, 0.15) is 13.8 Å². The molecule has 3 rings (SSSR count). The Kier molecular flexibility index (Phi) is 8.95. The average molecular weight is 464 g/mol. The first-order valence-electron chi connectivity index (χ1n) is 10.5. The van der Waals surface area contributed by atoms with Crippen molar-refractivity contribution in [2.45, 2.75) is 31.7 Å². The van der Waals surface area contributed by atoms with E-state index in [1.54, 1.807) is 6.08 Å². The van der Waals surface area contributed by atoms with Gasteiger partial charge in [-0.15, -0.1) is 16.8 Å². The molecule has 0 saturated carbocycles. The lowest BCUT2D eigenvalue weighted by Gasteiger charge is -2.33. The monoisotopic (exact) mass is 463 g/mol. The van der Waals surface area contributed by atoms with E-state index in [4.69, 9.17) is 16.3 Å². The minimum absolute atomic E-state index is 0.0300. The number of halogens is 1. The van der Waals surface area contributed by atoms with E-state index in [1.165, 1.54) is 11.8 Å². The van der Waals surface area contributed by atoms with E-state index >= 15 is 0 Å². The Hall–Kier alpha value is -1.87. The molecule has 0 aliphatic carbocycles. The SMILES string of the molecule is C=CCn1c(SCC(=O)NCC2CN(CC(C)C)CCO2)nnc1-c1ccc(Cl)cc1. The number of thioether (sulfide) groups is 1. The van der Waals surface area contributed by atoms with Gasteiger partial charge in [0, 0.05) is 43.3 Å². The fourth-order valence-electron chi connectivity index (χ4n) is 3.50. The highest BCUT2D eigenvalue weighted by molar-refractivity contribution is 7.99. The van der Waals surface area contributed by atoms with Gasteiger partial charge in [-0.1, -0.05) is 43.3 Å². The van der Waals surface area contributed by atoms with Crippen molar-refractivity contribution in [3.63, 3.8) is 0 Å². The summed E-state index contributed by atoms with van der Waals surface area (Å²) in [5, 5.41) is 12.9. The van der Waals surface area contributed by atoms with E-state index in [0.717, 1.165) is 31.0 Å². The molecule has 0 radical (unpaired) electrons. The van der Waals surface area contributed by atoms with E-state index < -0.39 is 0 Å². The van der Waals surface area contributed by atoms with Crippen molar-refractivity contribution in [3.8, 4) is 11.4 Å². The molecule has 9 heteroatoms. The first-order valence-corrected chi connectivity index (χ1v) is 11.9. The number of nitrogens with one attached hydrogen (secondary N) is 1. The van der Waals surface area contributed by atoms with E-state index in [1.807, 2.05) is 28.8 Å². The van der Waals surface area contributed by atoms with Crippen LogP contribution in [0.25, 0.3) is 11.4 Å². The van der Waals surface area contributed by atoms with Crippen LogP contribution in [0.4, 0.5) is 0 Å². The molecular formula is C22H30ClN5O2S. The number of aromatic nitrogens is 3. The molecule has 1 aliphatic heterocycles. The van der Waals surface area contributed by atoms with Crippen LogP contribution in [0, 0.1) is 5.92 Å². The molecule has 1 aliphatic rings. The first-order chi connectivity index (χ1) is 15.0. The number of benzene rings is 1. The number of amides is 1. The molecule has 0 bridgehead atoms. The normalized spacial score (nSPS) is 17.1. The number of nitrogens with zero attached hydrogens (tertiary/aromatic N) is 4. The number of hydrogen-bond donors (Lipinski definition) is 1. The summed E-state index contributed by atoms with van der Waals surface area (Å²) in [6.07, 6.45) is 1.82. The molecule has 31 heavy (non-hydrogen) atoms. The molecule has 7 nitrogen and oxygen atoms in total. The van der Waals surface area contributed by atoms with Gasteiger partial charge in [0.2, 0.25) is 5.91 Å². The van der Waals surface area contributed by atoms with Crippen molar-refractivity contribution in [1.82, 2.24) is 25.0 Å². The highest BCUT2D eigenvalue weighted by Gasteiger charge is 2.22. The van der Waals surface area contributed by atoms with Crippen molar-refractivity contribution >= 4 is 29.3 Å². The second kappa shape index (κ2) is 11.7. The number of allylic oxidation sites excluding steroid dienone is 1. The number of hydrogen-bond acceptors (Lipinski definition) is 6. The summed E-state index contributed by atoms with van der Waals surface area (Å²) in [6.45, 7) is 12.9. The van der Waals surface area contributed by atoms with Crippen LogP contribution in [0.15, 0.2) is 42.1 Å². The summed E-state index contributed by atoms with van der Waals surface area (Å²) in [7, 11) is 0. The van der Waals surface area contributed by atoms with Crippen molar-refractivity contribution in [1.29, 1.82) is 0 Å². The average Bonchev–Trinajstić information content (AvgIpc) is 3.14. The van der Waals surface area contributed by atoms with E-state index in [2.05, 4.69) is 40.8 Å². The number of rotatable bonds is 10. The molecule has 1 unspecified atom stereocenters. The smallest absolute Gasteiger partial charge is 0.230 e. The maximum absolute atomic E-state index is 12.4. The van der Waals surface area contributed by atoms with E-state index in [-0.39, 0.29) is 17.8 Å². The minimum Gasteiger partial charge on any atom is -0.374 e. The minimum atomic E-state index is -0.0456. The molecule has 1 atom stereocenters. The third kappa shape index (κ3) is 7.07. The fourth-order valence-corrected chi connectivity index (χ4v) is 4.40. The predicted molar refractivity (Wildman–Crippen MR) is 125 cm³/mol. The Bertz CT molecular complexity index is 871. The maximum atomic E-state index is 12.4. The molecule has 1 saturated heterocycles. The van der Waals surface area contributed by atoms with Crippen molar-refractivity contribution in [3.05, 3.63) is 41.9 Å². The van der Waals surface area contributed by atoms with Crippen LogP contribution in [0.2, 0.25) is 5.02 Å². The fraction of sp³-hybridized carbons (Fsp3) is 0.500. The summed E-state index contributed by atoms with van der Waals surface area (Å²) >= 11 is 7.35. The second-order valence-corrected chi connectivity index (χ2v) is 9.33. The third-order valence-electron chi connectivity index (χ3n) is 4.84. The molecule has 2 aromatic rings. The standard InChI is InChI=1S/C22H30ClN5O2S/c1-4-9-28-21(17-5-7-18(23)8-6-17)25-26-22(28)31-15-20(29)24-12-19-14-27(10-11-30-19)13-16(2)3/h4-8,16,19H,1,9-15H2,2-3H3,(H,24,29). The van der Waals surface area contributed by atoms with Gasteiger partial charge in [0.05, 0.1) is 18.5 Å². The summed E-state index contributed by atoms with van der Waals surface area (Å²) in [6, 6.07) is 7.44. The van der Waals surface area contributed by atoms with Gasteiger partial charge >= 0.3 is 0 Å². The number of carbonyl (C=O) groups excluding carboxylic acids is 1. The lowest BCUT2D eigenvalue weighted by Crippen LogP contribution is -2.48. The lowest BCUT2D eigenvalue weighted by molar-refractivity contribution is -0.119. The Morgan fingerprint density at radius 2 is 2.16 bits per heavy atom. The summed E-state index contributed by atoms with van der Waals surface area (Å²) in [5.41, 5.74) is 0.912. The summed E-state index contributed by atoms with van der Waals surface area (Å²) < 4.78 is 7.75. The molecule has 0 spiro atoms. The molecule has 1 aromatic heterocycles. The Balaban J connectivity index is 1.53. The number of carbonyl (C=O) groups is 1. The summed E-state index contributed by atoms with van der Waals surface area (Å²) in [5.74, 6) is 1.56. The zero-order valence-electron chi connectivity index (χ0n) is 18.1. The quantitative estimate of drug-likeness (QED) is 0.430. The van der Waals surface area contributed by atoms with Gasteiger partial charge in [-0.05, 0) is 30.2 Å². The van der Waals surface area contributed by atoms with Crippen LogP contribution in [-0.2, 0) is 16.1 Å². The van der Waals surface area contributed by atoms with Gasteiger partial charge in [0.1, 0.15) is 0 Å². The van der Waals surface area contributed by atoms with Crippen molar-refractivity contribution < 1.29 is 9.53 Å². The Morgan fingerprint density at radius 1 is 1.39 bits per heavy atom. The van der Waals surface area contributed by atoms with Crippen LogP contribution in [0.5, 0.6) is 0 Å². The molecule has 1 amide bonds. The van der Waals surface area contributed by atoms with Gasteiger partial charge in [-0.2, -0.15) is 0 Å². The summed E-state index contributed by atoms with van der Waals surface area (Å²) in [4.78, 5) is 14.8. The molecule has 1 fully saturated rings. The van der Waals surface area contributed by atoms with Gasteiger partial charge in [-0.3, -0.25) is 14.3 Å². The Morgan fingerprint density at radius 3 is 2.87 bits per heavy atom. The third-order valence-corrected chi connectivity index (χ3v) is 6.06. The predicted octanol–water partition coefficient (Wildman–Crippen LogP) is 3.35. The maximum Gasteiger partial charge on any atom is 0.230 e. The van der Waals surface area contributed by atoms with Gasteiger partial charge in [0.25, 0.3) is 0 Å². The van der Waals surface area contributed by atoms with Crippen LogP contribution in [0.3, 0.4) is 0 Å². The van der Waals surface area contributed by atoms with Crippen LogP contribution < -0.4 is 5.32 Å². The van der Waals surface area contributed by atoms with Gasteiger partial charge in [0.15, 0.2) is 11.0 Å². The number of morpholine rings is 1. The van der Waals surface area contributed by atoms with Crippen molar-refractivity contribution in [2.75, 3.05) is 38.5 Å². The topological polar surface area (TPSA) is 72.3 Å². The first kappa shape index (κ1) is 23.8. The van der Waals surface area contributed by atoms with Crippen LogP contribution >= 0.6 is 23.4 Å². The highest BCUT2D eigenvalue weighted by Crippen LogP contribution is 2.25. The van der Waals surface area contributed by atoms with Crippen LogP contribution in [-0.4, -0.2) is 70.2 Å². The highest BCUT2D eigenvalue weighted by atomic mass is 35.5. The lowest BCUT2D eigenvalue weighted by atomic mass is 10.2. The second-order valence-electron chi connectivity index (χ2n) is 7.95.